The summed E-state index contributed by atoms with van der Waals surface area (Å²) in [7, 11) is 0. The quantitative estimate of drug-likeness (QED) is 0.639. The van der Waals surface area contributed by atoms with Gasteiger partial charge in [-0.25, -0.2) is 0 Å². The molecule has 0 heterocycles. The zero-order chi connectivity index (χ0) is 19.0. The van der Waals surface area contributed by atoms with Gasteiger partial charge >= 0.3 is 0 Å². The molecule has 2 aromatic carbocycles. The van der Waals surface area contributed by atoms with Crippen molar-refractivity contribution in [2.45, 2.75) is 44.7 Å². The molecule has 2 N–H and O–H groups in total. The molecular formula is C22H31NO3. The molecule has 4 nitrogen and oxygen atoms in total. The number of benzene rings is 2. The Bertz CT molecular complexity index is 639. The Morgan fingerprint density at radius 2 is 1.46 bits per heavy atom. The van der Waals surface area contributed by atoms with E-state index in [4.69, 9.17) is 4.84 Å². The summed E-state index contributed by atoms with van der Waals surface area (Å²) in [5, 5.41) is 22.2. The zero-order valence-corrected chi connectivity index (χ0v) is 16.1. The maximum Gasteiger partial charge on any atom is 0.0945 e. The molecule has 2 rings (SSSR count). The molecule has 0 saturated heterocycles. The first-order valence-electron chi connectivity index (χ1n) is 9.24. The monoisotopic (exact) mass is 357 g/mol. The molecule has 0 aromatic heterocycles. The van der Waals surface area contributed by atoms with Crippen LogP contribution >= 0.6 is 0 Å². The summed E-state index contributed by atoms with van der Waals surface area (Å²) in [6.45, 7) is 6.19. The van der Waals surface area contributed by atoms with Crippen molar-refractivity contribution in [1.82, 2.24) is 5.06 Å². The van der Waals surface area contributed by atoms with Crippen molar-refractivity contribution in [1.29, 1.82) is 0 Å². The van der Waals surface area contributed by atoms with E-state index in [-0.39, 0.29) is 13.2 Å². The average Bonchev–Trinajstić information content (AvgIpc) is 2.69. The molecule has 142 valence electrons. The molecule has 0 radical (unpaired) electrons. The number of hydrogen-bond acceptors (Lipinski definition) is 4. The maximum absolute atomic E-state index is 10.4. The molecule has 26 heavy (non-hydrogen) atoms. The van der Waals surface area contributed by atoms with Crippen LogP contribution in [-0.2, 0) is 16.8 Å². The summed E-state index contributed by atoms with van der Waals surface area (Å²) in [6, 6.07) is 20.0. The van der Waals surface area contributed by atoms with Crippen LogP contribution in [0, 0.1) is 0 Å². The smallest absolute Gasteiger partial charge is 0.0945 e. The van der Waals surface area contributed by atoms with Crippen molar-refractivity contribution in [2.24, 2.45) is 0 Å². The Hall–Kier alpha value is -1.72. The average molecular weight is 357 g/mol. The second kappa shape index (κ2) is 9.28. The van der Waals surface area contributed by atoms with Crippen molar-refractivity contribution in [3.05, 3.63) is 71.8 Å². The molecule has 0 aliphatic carbocycles. The third-order valence-electron chi connectivity index (χ3n) is 4.94. The Balaban J connectivity index is 2.29. The van der Waals surface area contributed by atoms with E-state index in [0.29, 0.717) is 13.0 Å². The maximum atomic E-state index is 10.4. The first kappa shape index (κ1) is 20.6. The van der Waals surface area contributed by atoms with Gasteiger partial charge in [0.15, 0.2) is 0 Å². The Labute approximate surface area is 157 Å². The normalized spacial score (nSPS) is 14.4. The summed E-state index contributed by atoms with van der Waals surface area (Å²) in [5.41, 5.74) is 0.807. The van der Waals surface area contributed by atoms with Gasteiger partial charge in [0.25, 0.3) is 0 Å². The minimum Gasteiger partial charge on any atom is -0.394 e. The summed E-state index contributed by atoms with van der Waals surface area (Å²) in [5.74, 6) is 0. The number of nitrogens with zero attached hydrogens (tertiary/aromatic N) is 1. The Morgan fingerprint density at radius 1 is 0.885 bits per heavy atom. The topological polar surface area (TPSA) is 52.9 Å². The minimum atomic E-state index is -0.718. The highest BCUT2D eigenvalue weighted by Gasteiger charge is 2.45. The van der Waals surface area contributed by atoms with E-state index in [1.807, 2.05) is 69.3 Å². The van der Waals surface area contributed by atoms with Crippen LogP contribution in [0.1, 0.15) is 38.3 Å². The molecule has 1 atom stereocenters. The fourth-order valence-electron chi connectivity index (χ4n) is 3.32. The van der Waals surface area contributed by atoms with Crippen molar-refractivity contribution in [3.63, 3.8) is 0 Å². The summed E-state index contributed by atoms with van der Waals surface area (Å²) in [6.07, 6.45) is 1.42. The van der Waals surface area contributed by atoms with E-state index in [0.717, 1.165) is 12.0 Å². The highest BCUT2D eigenvalue weighted by Crippen LogP contribution is 2.37. The van der Waals surface area contributed by atoms with E-state index < -0.39 is 11.1 Å². The zero-order valence-electron chi connectivity index (χ0n) is 16.1. The van der Waals surface area contributed by atoms with Gasteiger partial charge < -0.3 is 10.2 Å². The van der Waals surface area contributed by atoms with Gasteiger partial charge in [-0.2, -0.15) is 5.06 Å². The summed E-state index contributed by atoms with van der Waals surface area (Å²) < 4.78 is 0. The Kier molecular flexibility index (Phi) is 7.35. The predicted molar refractivity (Wildman–Crippen MR) is 105 cm³/mol. The van der Waals surface area contributed by atoms with Crippen LogP contribution in [0.25, 0.3) is 0 Å². The van der Waals surface area contributed by atoms with E-state index in [1.165, 1.54) is 5.56 Å². The minimum absolute atomic E-state index is 0.0765. The van der Waals surface area contributed by atoms with Crippen molar-refractivity contribution in [2.75, 3.05) is 19.8 Å². The molecule has 0 spiro atoms. The highest BCUT2D eigenvalue weighted by atomic mass is 16.7. The van der Waals surface area contributed by atoms with Crippen molar-refractivity contribution < 1.29 is 15.1 Å². The van der Waals surface area contributed by atoms with Crippen LogP contribution in [0.5, 0.6) is 0 Å². The van der Waals surface area contributed by atoms with E-state index in [2.05, 4.69) is 12.1 Å². The van der Waals surface area contributed by atoms with Crippen molar-refractivity contribution >= 4 is 0 Å². The first-order chi connectivity index (χ1) is 12.5. The molecule has 2 aromatic rings. The molecule has 0 bridgehead atoms. The molecule has 1 unspecified atom stereocenters. The van der Waals surface area contributed by atoms with Gasteiger partial charge in [0, 0.05) is 0 Å². The molecule has 0 fully saturated rings. The van der Waals surface area contributed by atoms with Gasteiger partial charge in [-0.05, 0) is 37.8 Å². The number of hydroxylamine groups is 2. The number of rotatable bonds is 10. The lowest BCUT2D eigenvalue weighted by Crippen LogP contribution is -2.59. The van der Waals surface area contributed by atoms with Crippen LogP contribution in [0.4, 0.5) is 0 Å². The molecule has 0 amide bonds. The van der Waals surface area contributed by atoms with Crippen LogP contribution in [0.15, 0.2) is 60.7 Å². The van der Waals surface area contributed by atoms with Gasteiger partial charge in [-0.15, -0.1) is 0 Å². The highest BCUT2D eigenvalue weighted by molar-refractivity contribution is 5.25. The van der Waals surface area contributed by atoms with Gasteiger partial charge in [0.05, 0.1) is 30.9 Å². The lowest BCUT2D eigenvalue weighted by molar-refractivity contribution is -0.291. The fraction of sp³-hybridized carbons (Fsp3) is 0.455. The van der Waals surface area contributed by atoms with E-state index in [9.17, 15) is 10.2 Å². The van der Waals surface area contributed by atoms with Crippen LogP contribution in [0.2, 0.25) is 0 Å². The second-order valence-corrected chi connectivity index (χ2v) is 7.24. The van der Waals surface area contributed by atoms with Crippen LogP contribution in [-0.4, -0.2) is 40.6 Å². The first-order valence-corrected chi connectivity index (χ1v) is 9.24. The summed E-state index contributed by atoms with van der Waals surface area (Å²) >= 11 is 0. The third kappa shape index (κ3) is 4.51. The van der Waals surface area contributed by atoms with Crippen molar-refractivity contribution in [3.8, 4) is 0 Å². The number of hydrogen-bond donors (Lipinski definition) is 2. The largest absolute Gasteiger partial charge is 0.394 e. The molecule has 0 aliphatic rings. The lowest BCUT2D eigenvalue weighted by atomic mass is 9.84. The van der Waals surface area contributed by atoms with E-state index in [1.54, 1.807) is 5.06 Å². The van der Waals surface area contributed by atoms with Gasteiger partial charge in [0.2, 0.25) is 0 Å². The molecule has 4 heteroatoms. The second-order valence-electron chi connectivity index (χ2n) is 7.24. The van der Waals surface area contributed by atoms with Crippen LogP contribution in [0.3, 0.4) is 0 Å². The lowest BCUT2D eigenvalue weighted by Gasteiger charge is -2.49. The standard InChI is InChI=1S/C22H31NO3/c1-4-22(18-25,20-13-9-6-10-14-20)23(21(2,3)17-24)26-16-15-19-11-7-5-8-12-19/h5-14,24-25H,4,15-18H2,1-3H3. The summed E-state index contributed by atoms with van der Waals surface area (Å²) in [4.78, 5) is 6.22. The third-order valence-corrected chi connectivity index (χ3v) is 4.94. The van der Waals surface area contributed by atoms with Gasteiger partial charge in [-0.1, -0.05) is 67.6 Å². The molecule has 0 saturated carbocycles. The number of aliphatic hydroxyl groups excluding tert-OH is 2. The SMILES string of the molecule is CCC(CO)(c1ccccc1)N(OCCc1ccccc1)C(C)(C)CO. The number of aliphatic hydroxyl groups is 2. The van der Waals surface area contributed by atoms with Crippen LogP contribution < -0.4 is 0 Å². The van der Waals surface area contributed by atoms with E-state index >= 15 is 0 Å². The molecular weight excluding hydrogens is 326 g/mol. The van der Waals surface area contributed by atoms with Gasteiger partial charge in [-0.3, -0.25) is 4.84 Å². The fourth-order valence-corrected chi connectivity index (χ4v) is 3.32. The van der Waals surface area contributed by atoms with Gasteiger partial charge in [0.1, 0.15) is 0 Å². The Morgan fingerprint density at radius 3 is 1.96 bits per heavy atom. The molecule has 0 aliphatic heterocycles. The predicted octanol–water partition coefficient (Wildman–Crippen LogP) is 3.53.